The number of nitrogens with one attached hydrogen (secondary N) is 1. The van der Waals surface area contributed by atoms with Gasteiger partial charge in [0.1, 0.15) is 6.04 Å². The number of rotatable bonds is 5. The third kappa shape index (κ3) is 2.77. The van der Waals surface area contributed by atoms with E-state index in [1.807, 2.05) is 4.90 Å². The van der Waals surface area contributed by atoms with Gasteiger partial charge in [0, 0.05) is 6.04 Å². The standard InChI is InChI=1S/C15H24N2O2/c1-9(2)7-12-15(19)17(8-13(18)16-12)14(10-3-4-10)11-5-6-11/h9-12,14H,3-8H2,1-2H3,(H,16,18). The first-order valence-corrected chi connectivity index (χ1v) is 7.66. The Labute approximate surface area is 114 Å². The van der Waals surface area contributed by atoms with Crippen LogP contribution in [-0.4, -0.2) is 35.3 Å². The first kappa shape index (κ1) is 12.9. The fourth-order valence-electron chi connectivity index (χ4n) is 3.39. The van der Waals surface area contributed by atoms with E-state index in [0.29, 0.717) is 23.8 Å². The predicted octanol–water partition coefficient (Wildman–Crippen LogP) is 1.55. The summed E-state index contributed by atoms with van der Waals surface area (Å²) in [5.74, 6) is 1.95. The number of carbonyl (C=O) groups is 2. The van der Waals surface area contributed by atoms with E-state index in [0.717, 1.165) is 6.42 Å². The third-order valence-corrected chi connectivity index (χ3v) is 4.51. The van der Waals surface area contributed by atoms with Gasteiger partial charge in [0.25, 0.3) is 0 Å². The summed E-state index contributed by atoms with van der Waals surface area (Å²) in [4.78, 5) is 26.4. The Kier molecular flexibility index (Phi) is 3.27. The van der Waals surface area contributed by atoms with E-state index in [9.17, 15) is 9.59 Å². The van der Waals surface area contributed by atoms with Crippen LogP contribution in [0.15, 0.2) is 0 Å². The zero-order valence-electron chi connectivity index (χ0n) is 11.9. The molecule has 1 unspecified atom stereocenters. The van der Waals surface area contributed by atoms with Crippen molar-refractivity contribution in [2.75, 3.05) is 6.54 Å². The Morgan fingerprint density at radius 2 is 1.74 bits per heavy atom. The molecule has 0 spiro atoms. The number of nitrogens with zero attached hydrogens (tertiary/aromatic N) is 1. The summed E-state index contributed by atoms with van der Waals surface area (Å²) in [5.41, 5.74) is 0. The summed E-state index contributed by atoms with van der Waals surface area (Å²) in [6.45, 7) is 4.47. The lowest BCUT2D eigenvalue weighted by Crippen LogP contribution is -2.61. The van der Waals surface area contributed by atoms with Gasteiger partial charge < -0.3 is 10.2 Å². The van der Waals surface area contributed by atoms with Gasteiger partial charge in [-0.15, -0.1) is 0 Å². The van der Waals surface area contributed by atoms with E-state index in [1.165, 1.54) is 25.7 Å². The van der Waals surface area contributed by atoms with Crippen LogP contribution in [0.3, 0.4) is 0 Å². The lowest BCUT2D eigenvalue weighted by molar-refractivity contribution is -0.148. The second-order valence-corrected chi connectivity index (χ2v) is 6.88. The average Bonchev–Trinajstić information content (AvgIpc) is 3.18. The van der Waals surface area contributed by atoms with E-state index in [4.69, 9.17) is 0 Å². The fourth-order valence-corrected chi connectivity index (χ4v) is 3.39. The molecule has 3 rings (SSSR count). The third-order valence-electron chi connectivity index (χ3n) is 4.51. The first-order valence-electron chi connectivity index (χ1n) is 7.66. The van der Waals surface area contributed by atoms with Crippen LogP contribution in [0.25, 0.3) is 0 Å². The van der Waals surface area contributed by atoms with Crippen molar-refractivity contribution in [2.45, 2.75) is 58.0 Å². The highest BCUT2D eigenvalue weighted by atomic mass is 16.2. The van der Waals surface area contributed by atoms with Crippen molar-refractivity contribution in [3.05, 3.63) is 0 Å². The van der Waals surface area contributed by atoms with Gasteiger partial charge in [-0.3, -0.25) is 9.59 Å². The molecule has 1 saturated heterocycles. The monoisotopic (exact) mass is 264 g/mol. The molecule has 0 aromatic carbocycles. The molecule has 3 fully saturated rings. The number of amides is 2. The highest BCUT2D eigenvalue weighted by Gasteiger charge is 2.48. The molecule has 0 aromatic heterocycles. The predicted molar refractivity (Wildman–Crippen MR) is 72.3 cm³/mol. The minimum atomic E-state index is -0.291. The topological polar surface area (TPSA) is 49.4 Å². The molecule has 19 heavy (non-hydrogen) atoms. The molecule has 2 aliphatic carbocycles. The summed E-state index contributed by atoms with van der Waals surface area (Å²) < 4.78 is 0. The van der Waals surface area contributed by atoms with E-state index in [-0.39, 0.29) is 24.4 Å². The SMILES string of the molecule is CC(C)CC1NC(=O)CN(C(C2CC2)C2CC2)C1=O. The van der Waals surface area contributed by atoms with Gasteiger partial charge in [-0.2, -0.15) is 0 Å². The van der Waals surface area contributed by atoms with Crippen LogP contribution < -0.4 is 5.32 Å². The lowest BCUT2D eigenvalue weighted by atomic mass is 9.97. The molecule has 0 radical (unpaired) electrons. The summed E-state index contributed by atoms with van der Waals surface area (Å²) in [6, 6.07) is 0.0643. The molecular formula is C15H24N2O2. The van der Waals surface area contributed by atoms with Gasteiger partial charge in [-0.25, -0.2) is 0 Å². The highest BCUT2D eigenvalue weighted by Crippen LogP contribution is 2.47. The minimum absolute atomic E-state index is 0.0246. The van der Waals surface area contributed by atoms with Crippen molar-refractivity contribution in [1.29, 1.82) is 0 Å². The molecule has 4 nitrogen and oxygen atoms in total. The van der Waals surface area contributed by atoms with E-state index in [1.54, 1.807) is 0 Å². The molecule has 3 aliphatic rings. The summed E-state index contributed by atoms with van der Waals surface area (Å²) >= 11 is 0. The molecule has 2 amide bonds. The molecule has 4 heteroatoms. The van der Waals surface area contributed by atoms with Crippen LogP contribution in [0.4, 0.5) is 0 Å². The van der Waals surface area contributed by atoms with Crippen LogP contribution in [-0.2, 0) is 9.59 Å². The molecule has 1 N–H and O–H groups in total. The molecule has 1 atom stereocenters. The number of hydrogen-bond donors (Lipinski definition) is 1. The van der Waals surface area contributed by atoms with Crippen molar-refractivity contribution < 1.29 is 9.59 Å². The molecule has 0 bridgehead atoms. The maximum atomic E-state index is 12.6. The average molecular weight is 264 g/mol. The van der Waals surface area contributed by atoms with Gasteiger partial charge in [0.2, 0.25) is 11.8 Å². The van der Waals surface area contributed by atoms with E-state index in [2.05, 4.69) is 19.2 Å². The van der Waals surface area contributed by atoms with Crippen LogP contribution in [0.1, 0.15) is 46.0 Å². The van der Waals surface area contributed by atoms with Gasteiger partial charge in [-0.1, -0.05) is 13.8 Å². The van der Waals surface area contributed by atoms with E-state index < -0.39 is 0 Å². The van der Waals surface area contributed by atoms with Crippen molar-refractivity contribution in [2.24, 2.45) is 17.8 Å². The molecule has 0 aromatic rings. The first-order chi connectivity index (χ1) is 9.06. The maximum Gasteiger partial charge on any atom is 0.245 e. The van der Waals surface area contributed by atoms with Crippen LogP contribution in [0.5, 0.6) is 0 Å². The quantitative estimate of drug-likeness (QED) is 0.819. The van der Waals surface area contributed by atoms with Gasteiger partial charge in [-0.05, 0) is 49.9 Å². The van der Waals surface area contributed by atoms with Gasteiger partial charge >= 0.3 is 0 Å². The van der Waals surface area contributed by atoms with Crippen molar-refractivity contribution in [3.8, 4) is 0 Å². The number of carbonyl (C=O) groups excluding carboxylic acids is 2. The van der Waals surface area contributed by atoms with Gasteiger partial charge in [0.05, 0.1) is 6.54 Å². The lowest BCUT2D eigenvalue weighted by Gasteiger charge is -2.39. The number of piperazine rings is 1. The second kappa shape index (κ2) is 4.80. The zero-order valence-corrected chi connectivity index (χ0v) is 11.9. The smallest absolute Gasteiger partial charge is 0.245 e. The number of hydrogen-bond acceptors (Lipinski definition) is 2. The Hall–Kier alpha value is -1.06. The molecule has 2 saturated carbocycles. The second-order valence-electron chi connectivity index (χ2n) is 6.88. The Morgan fingerprint density at radius 3 is 2.21 bits per heavy atom. The summed E-state index contributed by atoms with van der Waals surface area (Å²) in [7, 11) is 0. The summed E-state index contributed by atoms with van der Waals surface area (Å²) in [5, 5.41) is 2.87. The summed E-state index contributed by atoms with van der Waals surface area (Å²) in [6.07, 6.45) is 5.70. The van der Waals surface area contributed by atoms with Crippen LogP contribution >= 0.6 is 0 Å². The van der Waals surface area contributed by atoms with Crippen molar-refractivity contribution in [1.82, 2.24) is 10.2 Å². The molecule has 106 valence electrons. The molecule has 1 heterocycles. The Balaban J connectivity index is 1.75. The fraction of sp³-hybridized carbons (Fsp3) is 0.867. The highest BCUT2D eigenvalue weighted by molar-refractivity contribution is 5.95. The molecular weight excluding hydrogens is 240 g/mol. The Bertz CT molecular complexity index is 374. The van der Waals surface area contributed by atoms with Crippen molar-refractivity contribution >= 4 is 11.8 Å². The van der Waals surface area contributed by atoms with E-state index >= 15 is 0 Å². The Morgan fingerprint density at radius 1 is 1.16 bits per heavy atom. The van der Waals surface area contributed by atoms with Crippen molar-refractivity contribution in [3.63, 3.8) is 0 Å². The minimum Gasteiger partial charge on any atom is -0.343 e. The van der Waals surface area contributed by atoms with Crippen LogP contribution in [0, 0.1) is 17.8 Å². The maximum absolute atomic E-state index is 12.6. The zero-order chi connectivity index (χ0) is 13.6. The van der Waals surface area contributed by atoms with Crippen LogP contribution in [0.2, 0.25) is 0 Å². The van der Waals surface area contributed by atoms with Gasteiger partial charge in [0.15, 0.2) is 0 Å². The largest absolute Gasteiger partial charge is 0.343 e. The molecule has 1 aliphatic heterocycles. The normalized spacial score (nSPS) is 28.2.